The fourth-order valence-corrected chi connectivity index (χ4v) is 1.30. The highest BCUT2D eigenvalue weighted by atomic mass is 32.2. The Morgan fingerprint density at radius 1 is 1.33 bits per heavy atom. The molecule has 4 nitrogen and oxygen atoms in total. The minimum absolute atomic E-state index is 0.153. The summed E-state index contributed by atoms with van der Waals surface area (Å²) in [5.41, 5.74) is 0. The Morgan fingerprint density at radius 2 is 2.00 bits per heavy atom. The molecule has 12 heavy (non-hydrogen) atoms. The van der Waals surface area contributed by atoms with Crippen molar-refractivity contribution in [1.82, 2.24) is 0 Å². The smallest absolute Gasteiger partial charge is 0.306 e. The second-order valence-electron chi connectivity index (χ2n) is 1.97. The van der Waals surface area contributed by atoms with E-state index in [1.165, 1.54) is 0 Å². The Kier molecular flexibility index (Phi) is 6.99. The molecule has 0 bridgehead atoms. The third-order valence-corrected chi connectivity index (χ3v) is 2.06. The van der Waals surface area contributed by atoms with Gasteiger partial charge in [-0.1, -0.05) is 0 Å². The molecule has 0 saturated heterocycles. The van der Waals surface area contributed by atoms with Crippen molar-refractivity contribution in [2.24, 2.45) is 0 Å². The predicted octanol–water partition coefficient (Wildman–Crippen LogP) is 0.640. The number of carbonyl (C=O) groups is 1. The molecule has 72 valence electrons. The fourth-order valence-electron chi connectivity index (χ4n) is 0.590. The second kappa shape index (κ2) is 7.24. The van der Waals surface area contributed by atoms with Gasteiger partial charge in [0.05, 0.1) is 25.4 Å². The van der Waals surface area contributed by atoms with Gasteiger partial charge in [0.2, 0.25) is 0 Å². The average Bonchev–Trinajstić information content (AvgIpc) is 2.02. The van der Waals surface area contributed by atoms with Gasteiger partial charge in [-0.3, -0.25) is 8.98 Å². The van der Waals surface area contributed by atoms with Crippen LogP contribution in [0.25, 0.3) is 0 Å². The van der Waals surface area contributed by atoms with Gasteiger partial charge in [0.15, 0.2) is 11.1 Å². The quantitative estimate of drug-likeness (QED) is 0.582. The van der Waals surface area contributed by atoms with Crippen LogP contribution in [-0.4, -0.2) is 29.1 Å². The van der Waals surface area contributed by atoms with Crippen LogP contribution in [0.1, 0.15) is 20.3 Å². The lowest BCUT2D eigenvalue weighted by molar-refractivity contribution is -0.142. The van der Waals surface area contributed by atoms with Crippen LogP contribution in [0.2, 0.25) is 0 Å². The van der Waals surface area contributed by atoms with Crippen LogP contribution in [0, 0.1) is 0 Å². The van der Waals surface area contributed by atoms with Crippen LogP contribution in [-0.2, 0) is 24.8 Å². The first kappa shape index (κ1) is 11.6. The summed E-state index contributed by atoms with van der Waals surface area (Å²) in [7, 11) is 0. The molecule has 1 unspecified atom stereocenters. The summed E-state index contributed by atoms with van der Waals surface area (Å²) in [5, 5.41) is 0. The third-order valence-electron chi connectivity index (χ3n) is 1.03. The molecule has 0 aliphatic carbocycles. The van der Waals surface area contributed by atoms with Gasteiger partial charge >= 0.3 is 5.97 Å². The largest absolute Gasteiger partial charge is 0.466 e. The maximum Gasteiger partial charge on any atom is 0.306 e. The zero-order chi connectivity index (χ0) is 9.40. The summed E-state index contributed by atoms with van der Waals surface area (Å²) in [4.78, 5) is 10.7. The highest BCUT2D eigenvalue weighted by molar-refractivity contribution is 7.80. The molecule has 0 heterocycles. The van der Waals surface area contributed by atoms with E-state index < -0.39 is 11.1 Å². The van der Waals surface area contributed by atoms with Crippen LogP contribution in [0.5, 0.6) is 0 Å². The molecule has 0 N–H and O–H groups in total. The van der Waals surface area contributed by atoms with Crippen molar-refractivity contribution in [3.05, 3.63) is 0 Å². The highest BCUT2D eigenvalue weighted by Crippen LogP contribution is 1.92. The van der Waals surface area contributed by atoms with E-state index in [0.717, 1.165) is 0 Å². The Morgan fingerprint density at radius 3 is 2.50 bits per heavy atom. The van der Waals surface area contributed by atoms with E-state index in [1.807, 2.05) is 0 Å². The maximum absolute atomic E-state index is 10.8. The zero-order valence-electron chi connectivity index (χ0n) is 7.37. The first-order valence-corrected chi connectivity index (χ1v) is 5.12. The van der Waals surface area contributed by atoms with Gasteiger partial charge in [-0.15, -0.1) is 0 Å². The fraction of sp³-hybridized carbons (Fsp3) is 0.857. The van der Waals surface area contributed by atoms with Crippen molar-refractivity contribution in [2.75, 3.05) is 19.0 Å². The first-order valence-electron chi connectivity index (χ1n) is 3.88. The molecule has 0 aromatic rings. The van der Waals surface area contributed by atoms with E-state index in [1.54, 1.807) is 13.8 Å². The first-order chi connectivity index (χ1) is 5.70. The van der Waals surface area contributed by atoms with Crippen LogP contribution < -0.4 is 0 Å². The van der Waals surface area contributed by atoms with Gasteiger partial charge in [0.25, 0.3) is 0 Å². The van der Waals surface area contributed by atoms with E-state index >= 15 is 0 Å². The number of ether oxygens (including phenoxy) is 1. The highest BCUT2D eigenvalue weighted by Gasteiger charge is 2.05. The minimum Gasteiger partial charge on any atom is -0.466 e. The van der Waals surface area contributed by atoms with E-state index in [4.69, 9.17) is 4.18 Å². The predicted molar refractivity (Wildman–Crippen MR) is 45.9 cm³/mol. The molecule has 0 amide bonds. The Bertz CT molecular complexity index is 139. The second-order valence-corrected chi connectivity index (χ2v) is 3.22. The Hall–Kier alpha value is -0.420. The van der Waals surface area contributed by atoms with E-state index in [0.29, 0.717) is 13.2 Å². The molecule has 0 saturated carbocycles. The number of rotatable bonds is 6. The molecular formula is C7H14O4S. The molecule has 0 rings (SSSR count). The third kappa shape index (κ3) is 6.30. The van der Waals surface area contributed by atoms with Gasteiger partial charge in [0.1, 0.15) is 0 Å². The van der Waals surface area contributed by atoms with Gasteiger partial charge < -0.3 is 4.74 Å². The molecule has 0 fully saturated rings. The van der Waals surface area contributed by atoms with Crippen LogP contribution in [0.15, 0.2) is 0 Å². The van der Waals surface area contributed by atoms with E-state index in [9.17, 15) is 9.00 Å². The van der Waals surface area contributed by atoms with Gasteiger partial charge in [-0.25, -0.2) is 4.21 Å². The van der Waals surface area contributed by atoms with Crippen molar-refractivity contribution in [3.8, 4) is 0 Å². The van der Waals surface area contributed by atoms with Crippen molar-refractivity contribution in [3.63, 3.8) is 0 Å². The van der Waals surface area contributed by atoms with Crippen molar-refractivity contribution in [1.29, 1.82) is 0 Å². The van der Waals surface area contributed by atoms with Gasteiger partial charge in [-0.05, 0) is 13.8 Å². The lowest BCUT2D eigenvalue weighted by Crippen LogP contribution is -2.10. The summed E-state index contributed by atoms with van der Waals surface area (Å²) in [6, 6.07) is 0. The SMILES string of the molecule is CCOC(=O)CCS(=O)OCC. The summed E-state index contributed by atoms with van der Waals surface area (Å²) in [5.74, 6) is -0.113. The number of hydrogen-bond donors (Lipinski definition) is 0. The zero-order valence-corrected chi connectivity index (χ0v) is 8.19. The average molecular weight is 194 g/mol. The molecule has 0 aromatic carbocycles. The molecule has 5 heteroatoms. The van der Waals surface area contributed by atoms with Crippen molar-refractivity contribution >= 4 is 17.0 Å². The summed E-state index contributed by atoms with van der Waals surface area (Å²) in [6.45, 7) is 4.25. The summed E-state index contributed by atoms with van der Waals surface area (Å²) in [6.07, 6.45) is 0.153. The van der Waals surface area contributed by atoms with Crippen molar-refractivity contribution < 1.29 is 17.9 Å². The number of carbonyl (C=O) groups excluding carboxylic acids is 1. The molecule has 0 aliphatic heterocycles. The normalized spacial score (nSPS) is 12.5. The van der Waals surface area contributed by atoms with Crippen LogP contribution in [0.3, 0.4) is 0 Å². The number of hydrogen-bond acceptors (Lipinski definition) is 4. The monoisotopic (exact) mass is 194 g/mol. The lowest BCUT2D eigenvalue weighted by atomic mass is 10.5. The van der Waals surface area contributed by atoms with Crippen LogP contribution in [0.4, 0.5) is 0 Å². The molecule has 0 aliphatic rings. The number of esters is 1. The van der Waals surface area contributed by atoms with E-state index in [-0.39, 0.29) is 18.1 Å². The standard InChI is InChI=1S/C7H14O4S/c1-3-10-7(8)5-6-12(9)11-4-2/h3-6H2,1-2H3. The lowest BCUT2D eigenvalue weighted by Gasteiger charge is -2.00. The van der Waals surface area contributed by atoms with E-state index in [2.05, 4.69) is 4.74 Å². The Balaban J connectivity index is 3.40. The topological polar surface area (TPSA) is 52.6 Å². The van der Waals surface area contributed by atoms with Gasteiger partial charge in [-0.2, -0.15) is 0 Å². The van der Waals surface area contributed by atoms with Crippen LogP contribution >= 0.6 is 0 Å². The summed E-state index contributed by atoms with van der Waals surface area (Å²) >= 11 is -1.35. The Labute approximate surface area is 74.9 Å². The molecule has 0 spiro atoms. The van der Waals surface area contributed by atoms with Gasteiger partial charge in [0, 0.05) is 0 Å². The maximum atomic E-state index is 10.8. The molecule has 0 aromatic heterocycles. The molecule has 1 atom stereocenters. The summed E-state index contributed by atoms with van der Waals surface area (Å²) < 4.78 is 20.2. The van der Waals surface area contributed by atoms with Crippen molar-refractivity contribution in [2.45, 2.75) is 20.3 Å². The molecule has 0 radical (unpaired) electrons. The minimum atomic E-state index is -1.35. The molecular weight excluding hydrogens is 180 g/mol.